The fraction of sp³-hybridized carbons (Fsp3) is 0.591. The summed E-state index contributed by atoms with van der Waals surface area (Å²) in [4.78, 5) is 9.00. The van der Waals surface area contributed by atoms with Crippen LogP contribution < -0.4 is 0 Å². The Balaban J connectivity index is 1.73. The van der Waals surface area contributed by atoms with Crippen molar-refractivity contribution in [2.75, 3.05) is 26.4 Å². The Labute approximate surface area is 175 Å². The number of aromatic nitrogens is 2. The highest BCUT2D eigenvalue weighted by atomic mass is 32.2. The van der Waals surface area contributed by atoms with Gasteiger partial charge in [-0.2, -0.15) is 0 Å². The van der Waals surface area contributed by atoms with Crippen LogP contribution in [0.1, 0.15) is 43.5 Å². The van der Waals surface area contributed by atoms with Gasteiger partial charge >= 0.3 is 0 Å². The zero-order chi connectivity index (χ0) is 21.0. The van der Waals surface area contributed by atoms with Gasteiger partial charge in [-0.25, -0.2) is 13.4 Å². The van der Waals surface area contributed by atoms with Crippen LogP contribution >= 0.6 is 0 Å². The van der Waals surface area contributed by atoms with E-state index in [1.165, 1.54) is 11.1 Å². The molecule has 0 radical (unpaired) electrons. The fourth-order valence-electron chi connectivity index (χ4n) is 4.07. The van der Waals surface area contributed by atoms with Crippen LogP contribution in [0.15, 0.2) is 35.6 Å². The van der Waals surface area contributed by atoms with E-state index in [1.54, 1.807) is 13.1 Å². The average molecular weight is 419 g/mol. The van der Waals surface area contributed by atoms with Gasteiger partial charge in [0.2, 0.25) is 15.0 Å². The molecule has 1 atom stereocenters. The SMILES string of the molecule is CCCCn1c(CN(C)CC2Cc3ccccc3CN2C)cnc1S(=O)(=O)CC. The monoisotopic (exact) mass is 418 g/mol. The lowest BCUT2D eigenvalue weighted by molar-refractivity contribution is 0.157. The topological polar surface area (TPSA) is 58.4 Å². The highest BCUT2D eigenvalue weighted by Gasteiger charge is 2.26. The molecule has 2 heterocycles. The molecule has 0 saturated carbocycles. The van der Waals surface area contributed by atoms with Crippen LogP contribution in [-0.2, 0) is 35.9 Å². The van der Waals surface area contributed by atoms with E-state index in [4.69, 9.17) is 0 Å². The number of sulfone groups is 1. The Morgan fingerprint density at radius 1 is 1.21 bits per heavy atom. The maximum Gasteiger partial charge on any atom is 0.227 e. The van der Waals surface area contributed by atoms with Gasteiger partial charge < -0.3 is 4.57 Å². The highest BCUT2D eigenvalue weighted by molar-refractivity contribution is 7.91. The molecule has 2 aromatic rings. The Hall–Kier alpha value is -1.70. The van der Waals surface area contributed by atoms with Gasteiger partial charge in [0.1, 0.15) is 0 Å². The molecule has 0 spiro atoms. The maximum absolute atomic E-state index is 12.5. The lowest BCUT2D eigenvalue weighted by Crippen LogP contribution is -2.44. The van der Waals surface area contributed by atoms with Crippen LogP contribution in [0, 0.1) is 0 Å². The lowest BCUT2D eigenvalue weighted by Gasteiger charge is -2.36. The van der Waals surface area contributed by atoms with Gasteiger partial charge in [-0.15, -0.1) is 0 Å². The largest absolute Gasteiger partial charge is 0.318 e. The first-order chi connectivity index (χ1) is 13.9. The van der Waals surface area contributed by atoms with Crippen molar-refractivity contribution in [1.82, 2.24) is 19.4 Å². The van der Waals surface area contributed by atoms with Gasteiger partial charge in [-0.3, -0.25) is 9.80 Å². The van der Waals surface area contributed by atoms with Gasteiger partial charge in [-0.05, 0) is 38.1 Å². The van der Waals surface area contributed by atoms with Crippen molar-refractivity contribution in [3.63, 3.8) is 0 Å². The Morgan fingerprint density at radius 3 is 2.62 bits per heavy atom. The number of nitrogens with zero attached hydrogens (tertiary/aromatic N) is 4. The molecule has 3 rings (SSSR count). The van der Waals surface area contributed by atoms with Crippen molar-refractivity contribution in [3.8, 4) is 0 Å². The summed E-state index contributed by atoms with van der Waals surface area (Å²) >= 11 is 0. The molecule has 0 amide bonds. The smallest absolute Gasteiger partial charge is 0.227 e. The van der Waals surface area contributed by atoms with Crippen molar-refractivity contribution >= 4 is 9.84 Å². The number of likely N-dealkylation sites (N-methyl/N-ethyl adjacent to an activating group) is 2. The van der Waals surface area contributed by atoms with Crippen molar-refractivity contribution in [2.24, 2.45) is 0 Å². The molecule has 160 valence electrons. The molecule has 1 aromatic heterocycles. The van der Waals surface area contributed by atoms with Gasteiger partial charge in [0, 0.05) is 32.2 Å². The second-order valence-corrected chi connectivity index (χ2v) is 10.4. The van der Waals surface area contributed by atoms with Crippen molar-refractivity contribution in [1.29, 1.82) is 0 Å². The number of fused-ring (bicyclic) bond motifs is 1. The fourth-order valence-corrected chi connectivity index (χ4v) is 5.09. The Kier molecular flexibility index (Phi) is 7.14. The molecule has 1 aliphatic heterocycles. The third-order valence-corrected chi connectivity index (χ3v) is 7.51. The van der Waals surface area contributed by atoms with Gasteiger partial charge in [0.15, 0.2) is 0 Å². The third-order valence-electron chi connectivity index (χ3n) is 5.87. The molecule has 6 nitrogen and oxygen atoms in total. The minimum atomic E-state index is -3.32. The Bertz CT molecular complexity index is 923. The summed E-state index contributed by atoms with van der Waals surface area (Å²) in [6.07, 6.45) is 4.75. The minimum absolute atomic E-state index is 0.0810. The molecule has 1 aromatic carbocycles. The van der Waals surface area contributed by atoms with E-state index >= 15 is 0 Å². The summed E-state index contributed by atoms with van der Waals surface area (Å²) < 4.78 is 26.8. The van der Waals surface area contributed by atoms with Gasteiger partial charge in [-0.1, -0.05) is 44.5 Å². The minimum Gasteiger partial charge on any atom is -0.318 e. The van der Waals surface area contributed by atoms with E-state index in [2.05, 4.69) is 60.1 Å². The average Bonchev–Trinajstić information content (AvgIpc) is 3.10. The van der Waals surface area contributed by atoms with Crippen LogP contribution in [0.4, 0.5) is 0 Å². The molecule has 0 saturated heterocycles. The van der Waals surface area contributed by atoms with Crippen molar-refractivity contribution < 1.29 is 8.42 Å². The van der Waals surface area contributed by atoms with Crippen LogP contribution in [0.3, 0.4) is 0 Å². The van der Waals surface area contributed by atoms with E-state index < -0.39 is 9.84 Å². The number of rotatable bonds is 9. The van der Waals surface area contributed by atoms with E-state index in [1.807, 2.05) is 4.57 Å². The summed E-state index contributed by atoms with van der Waals surface area (Å²) in [5.74, 6) is 0.0810. The molecule has 0 bridgehead atoms. The van der Waals surface area contributed by atoms with E-state index in [-0.39, 0.29) is 10.9 Å². The number of benzene rings is 1. The van der Waals surface area contributed by atoms with Crippen LogP contribution in [0.25, 0.3) is 0 Å². The molecule has 0 N–H and O–H groups in total. The first kappa shape index (κ1) is 22.0. The second kappa shape index (κ2) is 9.41. The summed E-state index contributed by atoms with van der Waals surface area (Å²) in [6.45, 7) is 7.10. The van der Waals surface area contributed by atoms with E-state index in [9.17, 15) is 8.42 Å². The highest BCUT2D eigenvalue weighted by Crippen LogP contribution is 2.23. The quantitative estimate of drug-likeness (QED) is 0.627. The maximum atomic E-state index is 12.5. The summed E-state index contributed by atoms with van der Waals surface area (Å²) in [5, 5.41) is 0.223. The predicted octanol–water partition coefficient (Wildman–Crippen LogP) is 2.97. The van der Waals surface area contributed by atoms with Gasteiger partial charge in [0.25, 0.3) is 0 Å². The zero-order valence-corrected chi connectivity index (χ0v) is 19.0. The molecular weight excluding hydrogens is 384 g/mol. The normalized spacial score (nSPS) is 17.6. The van der Waals surface area contributed by atoms with Crippen LogP contribution in [0.2, 0.25) is 0 Å². The first-order valence-electron chi connectivity index (χ1n) is 10.6. The summed E-state index contributed by atoms with van der Waals surface area (Å²) in [6, 6.07) is 9.12. The van der Waals surface area contributed by atoms with Gasteiger partial charge in [0.05, 0.1) is 17.6 Å². The van der Waals surface area contributed by atoms with Crippen molar-refractivity contribution in [2.45, 2.75) is 63.9 Å². The summed E-state index contributed by atoms with van der Waals surface area (Å²) in [7, 11) is 0.978. The third kappa shape index (κ3) is 5.08. The second-order valence-electron chi connectivity index (χ2n) is 8.18. The van der Waals surface area contributed by atoms with Crippen LogP contribution in [-0.4, -0.2) is 60.2 Å². The van der Waals surface area contributed by atoms with Crippen LogP contribution in [0.5, 0.6) is 0 Å². The molecule has 7 heteroatoms. The lowest BCUT2D eigenvalue weighted by atomic mass is 9.94. The number of unbranched alkanes of at least 4 members (excludes halogenated alkanes) is 1. The molecule has 0 aliphatic carbocycles. The number of hydrogen-bond acceptors (Lipinski definition) is 5. The van der Waals surface area contributed by atoms with Crippen molar-refractivity contribution in [3.05, 3.63) is 47.3 Å². The standard InChI is InChI=1S/C22H34N4O2S/c1-5-7-12-26-21(14-23-22(26)29(27,28)6-2)17-24(3)16-20-13-18-10-8-9-11-19(18)15-25(20)4/h8-11,14,20H,5-7,12-13,15-17H2,1-4H3. The number of imidazole rings is 1. The molecule has 29 heavy (non-hydrogen) atoms. The molecule has 1 unspecified atom stereocenters. The zero-order valence-electron chi connectivity index (χ0n) is 18.1. The predicted molar refractivity (Wildman–Crippen MR) is 117 cm³/mol. The number of hydrogen-bond donors (Lipinski definition) is 0. The van der Waals surface area contributed by atoms with E-state index in [0.29, 0.717) is 19.1 Å². The molecular formula is C22H34N4O2S. The molecule has 0 fully saturated rings. The molecule has 1 aliphatic rings. The Morgan fingerprint density at radius 2 is 1.93 bits per heavy atom. The van der Waals surface area contributed by atoms with E-state index in [0.717, 1.165) is 38.0 Å². The summed E-state index contributed by atoms with van der Waals surface area (Å²) in [5.41, 5.74) is 3.83. The first-order valence-corrected chi connectivity index (χ1v) is 12.2.